The lowest BCUT2D eigenvalue weighted by Gasteiger charge is -2.10. The van der Waals surface area contributed by atoms with Crippen LogP contribution in [0.25, 0.3) is 0 Å². The normalized spacial score (nSPS) is 12.0. The van der Waals surface area contributed by atoms with E-state index in [-0.39, 0.29) is 18.4 Å². The van der Waals surface area contributed by atoms with Gasteiger partial charge in [0.1, 0.15) is 0 Å². The van der Waals surface area contributed by atoms with Crippen LogP contribution < -0.4 is 5.73 Å². The molecule has 0 spiro atoms. The Morgan fingerprint density at radius 2 is 2.00 bits per heavy atom. The highest BCUT2D eigenvalue weighted by Gasteiger charge is 2.07. The average molecular weight is 241 g/mol. The molecule has 0 aliphatic heterocycles. The maximum atomic E-state index is 5.93. The molecule has 1 rings (SSSR count). The summed E-state index contributed by atoms with van der Waals surface area (Å²) in [6.45, 7) is 2.02. The van der Waals surface area contributed by atoms with Crippen LogP contribution in [-0.4, -0.2) is 0 Å². The van der Waals surface area contributed by atoms with Crippen molar-refractivity contribution in [3.05, 3.63) is 33.8 Å². The van der Waals surface area contributed by atoms with Crippen LogP contribution in [-0.2, 0) is 0 Å². The van der Waals surface area contributed by atoms with Gasteiger partial charge in [-0.15, -0.1) is 12.4 Å². The maximum Gasteiger partial charge on any atom is 0.0454 e. The van der Waals surface area contributed by atoms with Crippen LogP contribution in [0.15, 0.2) is 18.2 Å². The largest absolute Gasteiger partial charge is 0.324 e. The molecule has 0 saturated carbocycles. The molecule has 0 heterocycles. The van der Waals surface area contributed by atoms with E-state index >= 15 is 0 Å². The first-order chi connectivity index (χ1) is 5.65. The fraction of sp³-hybridized carbons (Fsp3) is 0.333. The molecule has 1 nitrogen and oxygen atoms in total. The van der Waals surface area contributed by atoms with Crippen molar-refractivity contribution in [2.24, 2.45) is 5.73 Å². The molecular formula is C9H12Cl3N. The molecule has 0 aliphatic carbocycles. The molecule has 0 unspecified atom stereocenters. The van der Waals surface area contributed by atoms with Gasteiger partial charge < -0.3 is 5.73 Å². The summed E-state index contributed by atoms with van der Waals surface area (Å²) >= 11 is 11.7. The maximum absolute atomic E-state index is 5.93. The minimum atomic E-state index is -0.0174. The fourth-order valence-electron chi connectivity index (χ4n) is 1.02. The summed E-state index contributed by atoms with van der Waals surface area (Å²) in [4.78, 5) is 0. The zero-order chi connectivity index (χ0) is 9.14. The van der Waals surface area contributed by atoms with Gasteiger partial charge in [0.2, 0.25) is 0 Å². The summed E-state index contributed by atoms with van der Waals surface area (Å²) in [5.41, 5.74) is 6.74. The van der Waals surface area contributed by atoms with E-state index in [2.05, 4.69) is 0 Å². The van der Waals surface area contributed by atoms with Crippen molar-refractivity contribution in [1.29, 1.82) is 0 Å². The van der Waals surface area contributed by atoms with Crippen molar-refractivity contribution in [2.75, 3.05) is 0 Å². The number of nitrogens with two attached hydrogens (primary N) is 1. The van der Waals surface area contributed by atoms with Gasteiger partial charge in [0, 0.05) is 16.1 Å². The monoisotopic (exact) mass is 239 g/mol. The molecule has 0 aromatic heterocycles. The Morgan fingerprint density at radius 3 is 2.54 bits per heavy atom. The third-order valence-corrected chi connectivity index (χ3v) is 2.38. The average Bonchev–Trinajstić information content (AvgIpc) is 2.08. The Balaban J connectivity index is 0.00000144. The van der Waals surface area contributed by atoms with E-state index in [9.17, 15) is 0 Å². The van der Waals surface area contributed by atoms with E-state index < -0.39 is 0 Å². The lowest BCUT2D eigenvalue weighted by Crippen LogP contribution is -2.08. The summed E-state index contributed by atoms with van der Waals surface area (Å²) in [6.07, 6.45) is 0.861. The zero-order valence-corrected chi connectivity index (χ0v) is 9.59. The van der Waals surface area contributed by atoms with E-state index in [1.165, 1.54) is 0 Å². The third-order valence-electron chi connectivity index (χ3n) is 1.80. The topological polar surface area (TPSA) is 26.0 Å². The molecule has 0 aliphatic rings. The highest BCUT2D eigenvalue weighted by Crippen LogP contribution is 2.26. The molecular weight excluding hydrogens is 228 g/mol. The van der Waals surface area contributed by atoms with E-state index in [4.69, 9.17) is 28.9 Å². The van der Waals surface area contributed by atoms with Crippen molar-refractivity contribution in [3.63, 3.8) is 0 Å². The zero-order valence-electron chi connectivity index (χ0n) is 7.26. The van der Waals surface area contributed by atoms with Crippen LogP contribution in [0.5, 0.6) is 0 Å². The minimum absolute atomic E-state index is 0. The molecule has 1 atom stereocenters. The lowest BCUT2D eigenvalue weighted by atomic mass is 10.1. The number of hydrogen-bond donors (Lipinski definition) is 1. The Hall–Kier alpha value is 0.0500. The van der Waals surface area contributed by atoms with Gasteiger partial charge in [0.25, 0.3) is 0 Å². The lowest BCUT2D eigenvalue weighted by molar-refractivity contribution is 0.699. The third kappa shape index (κ3) is 3.35. The predicted molar refractivity (Wildman–Crippen MR) is 60.9 cm³/mol. The highest BCUT2D eigenvalue weighted by molar-refractivity contribution is 6.33. The van der Waals surface area contributed by atoms with E-state index in [1.807, 2.05) is 13.0 Å². The molecule has 1 aromatic carbocycles. The van der Waals surface area contributed by atoms with Crippen LogP contribution in [0.2, 0.25) is 10.0 Å². The molecule has 0 radical (unpaired) electrons. The molecule has 0 bridgehead atoms. The SMILES string of the molecule is CC[C@@H](N)c1cc(Cl)ccc1Cl.Cl. The number of rotatable bonds is 2. The summed E-state index contributed by atoms with van der Waals surface area (Å²) in [6, 6.07) is 5.33. The van der Waals surface area contributed by atoms with Crippen molar-refractivity contribution >= 4 is 35.6 Å². The van der Waals surface area contributed by atoms with Gasteiger partial charge in [-0.1, -0.05) is 30.1 Å². The molecule has 1 aromatic rings. The summed E-state index contributed by atoms with van der Waals surface area (Å²) in [5, 5.41) is 1.37. The van der Waals surface area contributed by atoms with Gasteiger partial charge in [-0.25, -0.2) is 0 Å². The smallest absolute Gasteiger partial charge is 0.0454 e. The van der Waals surface area contributed by atoms with Crippen LogP contribution >= 0.6 is 35.6 Å². The molecule has 74 valence electrons. The quantitative estimate of drug-likeness (QED) is 0.835. The summed E-state index contributed by atoms with van der Waals surface area (Å²) in [5.74, 6) is 0. The van der Waals surface area contributed by atoms with Crippen molar-refractivity contribution < 1.29 is 0 Å². The van der Waals surface area contributed by atoms with Crippen molar-refractivity contribution in [1.82, 2.24) is 0 Å². The standard InChI is InChI=1S/C9H11Cl2N.ClH/c1-2-9(12)7-5-6(10)3-4-8(7)11;/h3-5,9H,2,12H2,1H3;1H/t9-;/m1./s1. The minimum Gasteiger partial charge on any atom is -0.324 e. The van der Waals surface area contributed by atoms with E-state index in [0.717, 1.165) is 12.0 Å². The van der Waals surface area contributed by atoms with E-state index in [0.29, 0.717) is 10.0 Å². The van der Waals surface area contributed by atoms with Crippen molar-refractivity contribution in [3.8, 4) is 0 Å². The second-order valence-electron chi connectivity index (χ2n) is 2.68. The van der Waals surface area contributed by atoms with Gasteiger partial charge in [-0.3, -0.25) is 0 Å². The van der Waals surface area contributed by atoms with Gasteiger partial charge in [0.05, 0.1) is 0 Å². The second-order valence-corrected chi connectivity index (χ2v) is 3.52. The van der Waals surface area contributed by atoms with E-state index in [1.54, 1.807) is 12.1 Å². The molecule has 4 heteroatoms. The number of benzene rings is 1. The Morgan fingerprint density at radius 1 is 1.38 bits per heavy atom. The summed E-state index contributed by atoms with van der Waals surface area (Å²) in [7, 11) is 0. The number of halogens is 3. The Labute approximate surface area is 94.6 Å². The molecule has 0 saturated heterocycles. The van der Waals surface area contributed by atoms with Gasteiger partial charge in [-0.2, -0.15) is 0 Å². The first-order valence-electron chi connectivity index (χ1n) is 3.85. The second kappa shape index (κ2) is 5.71. The van der Waals surface area contributed by atoms with Gasteiger partial charge in [0.15, 0.2) is 0 Å². The first-order valence-corrected chi connectivity index (χ1v) is 4.61. The first kappa shape index (κ1) is 13.1. The van der Waals surface area contributed by atoms with Crippen molar-refractivity contribution in [2.45, 2.75) is 19.4 Å². The van der Waals surface area contributed by atoms with Crippen LogP contribution in [0.4, 0.5) is 0 Å². The van der Waals surface area contributed by atoms with Crippen LogP contribution in [0.3, 0.4) is 0 Å². The fourth-order valence-corrected chi connectivity index (χ4v) is 1.46. The number of hydrogen-bond acceptors (Lipinski definition) is 1. The highest BCUT2D eigenvalue weighted by atomic mass is 35.5. The molecule has 2 N–H and O–H groups in total. The van der Waals surface area contributed by atoms with Crippen LogP contribution in [0.1, 0.15) is 24.9 Å². The van der Waals surface area contributed by atoms with Gasteiger partial charge in [-0.05, 0) is 30.2 Å². The Bertz CT molecular complexity index is 276. The molecule has 0 fully saturated rings. The molecule has 13 heavy (non-hydrogen) atoms. The Kier molecular flexibility index (Phi) is 5.73. The predicted octanol–water partition coefficient (Wildman–Crippen LogP) is 3.83. The summed E-state index contributed by atoms with van der Waals surface area (Å²) < 4.78 is 0. The molecule has 0 amide bonds. The van der Waals surface area contributed by atoms with Crippen LogP contribution in [0, 0.1) is 0 Å². The van der Waals surface area contributed by atoms with Gasteiger partial charge >= 0.3 is 0 Å².